The van der Waals surface area contributed by atoms with Crippen LogP contribution in [0, 0.1) is 6.92 Å². The SMILES string of the molecule is Cc1ccc(Cn2c(=O)[nH]c3c(N)nc(-c4ncc(C5CC5)[nH]4)nc32)cn1. The Morgan fingerprint density at radius 3 is 2.78 bits per heavy atom. The Balaban J connectivity index is 1.60. The Morgan fingerprint density at radius 2 is 2.04 bits per heavy atom. The van der Waals surface area contributed by atoms with Crippen LogP contribution in [0.4, 0.5) is 5.82 Å². The summed E-state index contributed by atoms with van der Waals surface area (Å²) in [5, 5.41) is 0. The van der Waals surface area contributed by atoms with Crippen LogP contribution in [0.15, 0.2) is 29.3 Å². The number of rotatable bonds is 4. The van der Waals surface area contributed by atoms with Crippen molar-refractivity contribution >= 4 is 17.0 Å². The molecule has 0 saturated heterocycles. The first-order valence-corrected chi connectivity index (χ1v) is 8.81. The Hall–Kier alpha value is -3.49. The average Bonchev–Trinajstić information content (AvgIpc) is 3.30. The summed E-state index contributed by atoms with van der Waals surface area (Å²) in [6.45, 7) is 2.26. The first-order valence-electron chi connectivity index (χ1n) is 8.81. The summed E-state index contributed by atoms with van der Waals surface area (Å²) in [4.78, 5) is 36.0. The molecule has 0 atom stereocenters. The standard InChI is InChI=1S/C18H18N8O/c1-9-2-3-10(6-20-9)8-26-17-13(23-18(26)27)14(19)24-16(25-17)15-21-7-12(22-15)11-4-5-11/h2-3,6-7,11H,4-5,8H2,1H3,(H,21,22)(H,23,27)(H2,19,24,25). The van der Waals surface area contributed by atoms with Crippen molar-refractivity contribution in [2.75, 3.05) is 5.73 Å². The Bertz CT molecular complexity index is 1200. The number of nitrogens with one attached hydrogen (secondary N) is 2. The van der Waals surface area contributed by atoms with Crippen LogP contribution in [-0.2, 0) is 6.54 Å². The van der Waals surface area contributed by atoms with E-state index in [2.05, 4.69) is 29.9 Å². The number of fused-ring (bicyclic) bond motifs is 1. The molecule has 1 aliphatic carbocycles. The lowest BCUT2D eigenvalue weighted by Crippen LogP contribution is -2.18. The molecule has 1 saturated carbocycles. The minimum Gasteiger partial charge on any atom is -0.382 e. The Morgan fingerprint density at radius 1 is 1.19 bits per heavy atom. The van der Waals surface area contributed by atoms with Crippen LogP contribution in [0.2, 0.25) is 0 Å². The molecule has 4 heterocycles. The summed E-state index contributed by atoms with van der Waals surface area (Å²) in [5.74, 6) is 1.70. The maximum atomic E-state index is 12.5. The second kappa shape index (κ2) is 5.76. The smallest absolute Gasteiger partial charge is 0.328 e. The van der Waals surface area contributed by atoms with Gasteiger partial charge in [0, 0.05) is 29.7 Å². The molecule has 27 heavy (non-hydrogen) atoms. The van der Waals surface area contributed by atoms with E-state index in [1.165, 1.54) is 17.4 Å². The van der Waals surface area contributed by atoms with Crippen LogP contribution in [0.5, 0.6) is 0 Å². The van der Waals surface area contributed by atoms with Crippen LogP contribution in [0.3, 0.4) is 0 Å². The van der Waals surface area contributed by atoms with Gasteiger partial charge in [0.15, 0.2) is 23.1 Å². The van der Waals surface area contributed by atoms with Gasteiger partial charge in [-0.25, -0.2) is 19.7 Å². The van der Waals surface area contributed by atoms with Gasteiger partial charge < -0.3 is 15.7 Å². The number of aryl methyl sites for hydroxylation is 1. The molecule has 0 radical (unpaired) electrons. The van der Waals surface area contributed by atoms with E-state index in [0.29, 0.717) is 35.3 Å². The molecule has 0 bridgehead atoms. The minimum atomic E-state index is -0.290. The molecule has 0 amide bonds. The largest absolute Gasteiger partial charge is 0.382 e. The highest BCUT2D eigenvalue weighted by Gasteiger charge is 2.26. The number of hydrogen-bond acceptors (Lipinski definition) is 6. The third-order valence-electron chi connectivity index (χ3n) is 4.79. The number of hydrogen-bond donors (Lipinski definition) is 3. The number of pyridine rings is 1. The van der Waals surface area contributed by atoms with E-state index in [-0.39, 0.29) is 11.5 Å². The van der Waals surface area contributed by atoms with Gasteiger partial charge in [-0.3, -0.25) is 9.55 Å². The topological polar surface area (TPSA) is 131 Å². The zero-order valence-electron chi connectivity index (χ0n) is 14.7. The fraction of sp³-hybridized carbons (Fsp3) is 0.278. The maximum absolute atomic E-state index is 12.5. The van der Waals surface area contributed by atoms with Crippen molar-refractivity contribution in [3.8, 4) is 11.6 Å². The van der Waals surface area contributed by atoms with E-state index in [1.807, 2.05) is 25.3 Å². The number of H-pyrrole nitrogens is 2. The first-order chi connectivity index (χ1) is 13.1. The molecule has 0 aromatic carbocycles. The number of nitrogens with zero attached hydrogens (tertiary/aromatic N) is 5. The van der Waals surface area contributed by atoms with Crippen molar-refractivity contribution in [1.29, 1.82) is 0 Å². The number of aromatic nitrogens is 7. The van der Waals surface area contributed by atoms with E-state index < -0.39 is 0 Å². The summed E-state index contributed by atoms with van der Waals surface area (Å²) < 4.78 is 1.54. The number of aromatic amines is 2. The van der Waals surface area contributed by atoms with Gasteiger partial charge in [0.25, 0.3) is 0 Å². The molecular formula is C18H18N8O. The second-order valence-electron chi connectivity index (χ2n) is 6.92. The van der Waals surface area contributed by atoms with Gasteiger partial charge in [-0.2, -0.15) is 0 Å². The molecule has 136 valence electrons. The van der Waals surface area contributed by atoms with Crippen molar-refractivity contribution in [3.63, 3.8) is 0 Å². The van der Waals surface area contributed by atoms with Crippen LogP contribution < -0.4 is 11.4 Å². The molecule has 9 heteroatoms. The molecule has 5 rings (SSSR count). The number of imidazole rings is 2. The predicted octanol–water partition coefficient (Wildman–Crippen LogP) is 1.72. The van der Waals surface area contributed by atoms with Crippen molar-refractivity contribution in [2.45, 2.75) is 32.2 Å². The molecule has 1 fully saturated rings. The average molecular weight is 362 g/mol. The third kappa shape index (κ3) is 2.77. The van der Waals surface area contributed by atoms with Crippen LogP contribution in [0.1, 0.15) is 35.7 Å². The van der Waals surface area contributed by atoms with Gasteiger partial charge in [-0.15, -0.1) is 0 Å². The number of nitrogens with two attached hydrogens (primary N) is 1. The van der Waals surface area contributed by atoms with Gasteiger partial charge in [-0.05, 0) is 31.4 Å². The third-order valence-corrected chi connectivity index (χ3v) is 4.79. The molecule has 4 N–H and O–H groups in total. The molecule has 9 nitrogen and oxygen atoms in total. The zero-order chi connectivity index (χ0) is 18.5. The highest BCUT2D eigenvalue weighted by Crippen LogP contribution is 2.39. The van der Waals surface area contributed by atoms with Gasteiger partial charge in [-0.1, -0.05) is 6.07 Å². The lowest BCUT2D eigenvalue weighted by molar-refractivity contribution is 0.773. The summed E-state index contributed by atoms with van der Waals surface area (Å²) in [6.07, 6.45) is 5.91. The normalized spacial score (nSPS) is 14.1. The van der Waals surface area contributed by atoms with Gasteiger partial charge in [0.05, 0.1) is 6.54 Å². The highest BCUT2D eigenvalue weighted by atomic mass is 16.1. The Kier molecular flexibility index (Phi) is 3.36. The quantitative estimate of drug-likeness (QED) is 0.506. The number of anilines is 1. The molecule has 0 unspecified atom stereocenters. The van der Waals surface area contributed by atoms with Crippen LogP contribution >= 0.6 is 0 Å². The van der Waals surface area contributed by atoms with Gasteiger partial charge in [0.1, 0.15) is 5.52 Å². The summed E-state index contributed by atoms with van der Waals surface area (Å²) in [7, 11) is 0. The molecule has 1 aliphatic rings. The molecule has 0 spiro atoms. The van der Waals surface area contributed by atoms with E-state index in [1.54, 1.807) is 6.20 Å². The van der Waals surface area contributed by atoms with Gasteiger partial charge >= 0.3 is 5.69 Å². The molecular weight excluding hydrogens is 344 g/mol. The van der Waals surface area contributed by atoms with E-state index in [4.69, 9.17) is 5.73 Å². The zero-order valence-corrected chi connectivity index (χ0v) is 14.7. The lowest BCUT2D eigenvalue weighted by Gasteiger charge is -2.05. The second-order valence-corrected chi connectivity index (χ2v) is 6.92. The minimum absolute atomic E-state index is 0.220. The van der Waals surface area contributed by atoms with Crippen molar-refractivity contribution in [3.05, 3.63) is 52.0 Å². The van der Waals surface area contributed by atoms with Crippen molar-refractivity contribution in [2.24, 2.45) is 0 Å². The van der Waals surface area contributed by atoms with E-state index >= 15 is 0 Å². The summed E-state index contributed by atoms with van der Waals surface area (Å²) in [5.41, 5.74) is 9.58. The molecule has 4 aromatic heterocycles. The first kappa shape index (κ1) is 15.7. The number of nitrogen functional groups attached to an aromatic ring is 1. The predicted molar refractivity (Wildman–Crippen MR) is 100 cm³/mol. The van der Waals surface area contributed by atoms with Crippen LogP contribution in [-0.4, -0.2) is 34.5 Å². The fourth-order valence-corrected chi connectivity index (χ4v) is 3.13. The molecule has 0 aliphatic heterocycles. The van der Waals surface area contributed by atoms with E-state index in [9.17, 15) is 4.79 Å². The summed E-state index contributed by atoms with van der Waals surface area (Å²) in [6, 6.07) is 3.85. The summed E-state index contributed by atoms with van der Waals surface area (Å²) >= 11 is 0. The van der Waals surface area contributed by atoms with Gasteiger partial charge in [0.2, 0.25) is 0 Å². The fourth-order valence-electron chi connectivity index (χ4n) is 3.13. The Labute approximate surface area is 153 Å². The van der Waals surface area contributed by atoms with Crippen LogP contribution in [0.25, 0.3) is 22.8 Å². The van der Waals surface area contributed by atoms with Crippen molar-refractivity contribution < 1.29 is 0 Å². The highest BCUT2D eigenvalue weighted by molar-refractivity contribution is 5.83. The maximum Gasteiger partial charge on any atom is 0.328 e. The lowest BCUT2D eigenvalue weighted by atomic mass is 10.2. The van der Waals surface area contributed by atoms with Crippen molar-refractivity contribution in [1.82, 2.24) is 34.5 Å². The van der Waals surface area contributed by atoms with E-state index in [0.717, 1.165) is 17.0 Å². The molecule has 4 aromatic rings. The monoisotopic (exact) mass is 362 g/mol.